The Morgan fingerprint density at radius 1 is 1.04 bits per heavy atom. The van der Waals surface area contributed by atoms with Gasteiger partial charge >= 0.3 is 0 Å². The van der Waals surface area contributed by atoms with Crippen molar-refractivity contribution in [3.8, 4) is 0 Å². The van der Waals surface area contributed by atoms with E-state index in [0.29, 0.717) is 12.1 Å². The highest BCUT2D eigenvalue weighted by atomic mass is 35.5. The van der Waals surface area contributed by atoms with Gasteiger partial charge in [-0.15, -0.1) is 12.4 Å². The number of rotatable bonds is 6. The summed E-state index contributed by atoms with van der Waals surface area (Å²) >= 11 is 1.59. The summed E-state index contributed by atoms with van der Waals surface area (Å²) in [6.45, 7) is 5.67. The second kappa shape index (κ2) is 9.31. The van der Waals surface area contributed by atoms with E-state index in [0.717, 1.165) is 33.9 Å². The molecule has 0 aliphatic rings. The number of aryl methyl sites for hydroxylation is 2. The highest BCUT2D eigenvalue weighted by Crippen LogP contribution is 2.30. The lowest BCUT2D eigenvalue weighted by Crippen LogP contribution is -2.33. The zero-order valence-electron chi connectivity index (χ0n) is 16.2. The summed E-state index contributed by atoms with van der Waals surface area (Å²) in [5, 5.41) is 0.774. The molecule has 0 radical (unpaired) electrons. The molecule has 0 unspecified atom stereocenters. The van der Waals surface area contributed by atoms with Crippen molar-refractivity contribution in [3.05, 3.63) is 59.2 Å². The van der Waals surface area contributed by atoms with E-state index in [-0.39, 0.29) is 18.3 Å². The van der Waals surface area contributed by atoms with Gasteiger partial charge in [-0.25, -0.2) is 4.98 Å². The number of halogens is 1. The summed E-state index contributed by atoms with van der Waals surface area (Å²) in [7, 11) is 4.10. The summed E-state index contributed by atoms with van der Waals surface area (Å²) < 4.78 is 1.12. The maximum Gasteiger partial charge on any atom is 0.260 e. The van der Waals surface area contributed by atoms with Crippen LogP contribution >= 0.6 is 23.7 Å². The van der Waals surface area contributed by atoms with Crippen molar-refractivity contribution in [3.63, 3.8) is 0 Å². The molecule has 0 saturated heterocycles. The third kappa shape index (κ3) is 5.28. The Balaban J connectivity index is 0.00000261. The Labute approximate surface area is 171 Å². The van der Waals surface area contributed by atoms with E-state index in [1.54, 1.807) is 11.3 Å². The van der Waals surface area contributed by atoms with Crippen molar-refractivity contribution in [2.75, 3.05) is 32.1 Å². The minimum Gasteiger partial charge on any atom is -0.309 e. The monoisotopic (exact) mass is 403 g/mol. The molecule has 144 valence electrons. The van der Waals surface area contributed by atoms with E-state index in [9.17, 15) is 4.79 Å². The molecule has 6 heteroatoms. The quantitative estimate of drug-likeness (QED) is 0.585. The number of hydrogen-bond donors (Lipinski definition) is 0. The first-order valence-corrected chi connectivity index (χ1v) is 9.66. The van der Waals surface area contributed by atoms with Gasteiger partial charge in [-0.2, -0.15) is 0 Å². The van der Waals surface area contributed by atoms with E-state index in [1.807, 2.05) is 56.3 Å². The first kappa shape index (κ1) is 21.4. The number of anilines is 1. The van der Waals surface area contributed by atoms with E-state index in [2.05, 4.69) is 24.0 Å². The molecule has 0 spiro atoms. The summed E-state index contributed by atoms with van der Waals surface area (Å²) in [6, 6.07) is 14.0. The Bertz CT molecular complexity index is 923. The van der Waals surface area contributed by atoms with Crippen LogP contribution < -0.4 is 4.90 Å². The predicted octanol–water partition coefficient (Wildman–Crippen LogP) is 4.93. The molecular weight excluding hydrogens is 378 g/mol. The highest BCUT2D eigenvalue weighted by Gasteiger charge is 2.21. The summed E-state index contributed by atoms with van der Waals surface area (Å²) in [5.41, 5.74) is 3.96. The minimum absolute atomic E-state index is 0. The number of benzene rings is 2. The molecule has 0 aliphatic carbocycles. The van der Waals surface area contributed by atoms with Crippen LogP contribution in [0.25, 0.3) is 10.2 Å². The van der Waals surface area contributed by atoms with Gasteiger partial charge in [-0.05, 0) is 70.7 Å². The third-order valence-electron chi connectivity index (χ3n) is 4.26. The fourth-order valence-electron chi connectivity index (χ4n) is 2.90. The zero-order chi connectivity index (χ0) is 18.7. The smallest absolute Gasteiger partial charge is 0.260 e. The molecule has 0 saturated carbocycles. The van der Waals surface area contributed by atoms with Crippen molar-refractivity contribution in [2.45, 2.75) is 20.3 Å². The van der Waals surface area contributed by atoms with Crippen molar-refractivity contribution >= 4 is 45.0 Å². The topological polar surface area (TPSA) is 36.4 Å². The minimum atomic E-state index is 0. The summed E-state index contributed by atoms with van der Waals surface area (Å²) in [5.74, 6) is 0.0169. The van der Waals surface area contributed by atoms with Crippen LogP contribution in [0.5, 0.6) is 0 Å². The average Bonchev–Trinajstić information content (AvgIpc) is 3.00. The van der Waals surface area contributed by atoms with E-state index >= 15 is 0 Å². The maximum atomic E-state index is 13.2. The number of aromatic nitrogens is 1. The van der Waals surface area contributed by atoms with Crippen LogP contribution in [-0.2, 0) is 0 Å². The zero-order valence-corrected chi connectivity index (χ0v) is 17.9. The van der Waals surface area contributed by atoms with Gasteiger partial charge in [0, 0.05) is 12.1 Å². The van der Waals surface area contributed by atoms with Crippen LogP contribution in [0.3, 0.4) is 0 Å². The molecule has 0 aliphatic heterocycles. The first-order valence-electron chi connectivity index (χ1n) is 8.84. The fourth-order valence-corrected chi connectivity index (χ4v) is 3.99. The van der Waals surface area contributed by atoms with Crippen LogP contribution in [0, 0.1) is 13.8 Å². The lowest BCUT2D eigenvalue weighted by molar-refractivity contribution is 0.0986. The van der Waals surface area contributed by atoms with E-state index in [1.165, 1.54) is 5.56 Å². The lowest BCUT2D eigenvalue weighted by Gasteiger charge is -2.21. The molecule has 3 aromatic rings. The second-order valence-electron chi connectivity index (χ2n) is 6.95. The van der Waals surface area contributed by atoms with Crippen molar-refractivity contribution in [2.24, 2.45) is 0 Å². The standard InChI is InChI=1S/C21H25N3OS.ClH/c1-15-7-5-8-17(13-15)20(25)24(12-6-11-23(3)4)21-22-18-10-9-16(2)14-19(18)26-21;/h5,7-10,13-14H,6,11-12H2,1-4H3;1H. The molecule has 1 heterocycles. The fraction of sp³-hybridized carbons (Fsp3) is 0.333. The average molecular weight is 404 g/mol. The van der Waals surface area contributed by atoms with Crippen LogP contribution in [0.4, 0.5) is 5.13 Å². The molecule has 0 atom stereocenters. The summed E-state index contributed by atoms with van der Waals surface area (Å²) in [4.78, 5) is 21.9. The van der Waals surface area contributed by atoms with Crippen molar-refractivity contribution in [1.82, 2.24) is 9.88 Å². The maximum absolute atomic E-state index is 13.2. The molecule has 1 amide bonds. The number of amides is 1. The van der Waals surface area contributed by atoms with Gasteiger partial charge in [-0.1, -0.05) is 35.1 Å². The van der Waals surface area contributed by atoms with Gasteiger partial charge < -0.3 is 4.90 Å². The molecule has 0 bridgehead atoms. The van der Waals surface area contributed by atoms with Gasteiger partial charge in [0.15, 0.2) is 5.13 Å². The van der Waals surface area contributed by atoms with Crippen molar-refractivity contribution < 1.29 is 4.79 Å². The van der Waals surface area contributed by atoms with Crippen molar-refractivity contribution in [1.29, 1.82) is 0 Å². The lowest BCUT2D eigenvalue weighted by atomic mass is 10.1. The number of nitrogens with zero attached hydrogens (tertiary/aromatic N) is 3. The Morgan fingerprint density at radius 2 is 1.78 bits per heavy atom. The Morgan fingerprint density at radius 3 is 2.48 bits per heavy atom. The number of hydrogen-bond acceptors (Lipinski definition) is 4. The second-order valence-corrected chi connectivity index (χ2v) is 7.96. The third-order valence-corrected chi connectivity index (χ3v) is 5.30. The van der Waals surface area contributed by atoms with Gasteiger partial charge in [-0.3, -0.25) is 9.69 Å². The summed E-state index contributed by atoms with van der Waals surface area (Å²) in [6.07, 6.45) is 0.902. The molecule has 4 nitrogen and oxygen atoms in total. The van der Waals surface area contributed by atoms with Crippen LogP contribution in [0.2, 0.25) is 0 Å². The molecular formula is C21H26ClN3OS. The van der Waals surface area contributed by atoms with E-state index < -0.39 is 0 Å². The number of carbonyl (C=O) groups is 1. The Hall–Kier alpha value is -1.95. The number of carbonyl (C=O) groups excluding carboxylic acids is 1. The molecule has 3 rings (SSSR count). The van der Waals surface area contributed by atoms with Crippen LogP contribution in [0.1, 0.15) is 27.9 Å². The largest absolute Gasteiger partial charge is 0.309 e. The van der Waals surface area contributed by atoms with E-state index in [4.69, 9.17) is 4.98 Å². The number of fused-ring (bicyclic) bond motifs is 1. The van der Waals surface area contributed by atoms with Gasteiger partial charge in [0.25, 0.3) is 5.91 Å². The Kier molecular flexibility index (Phi) is 7.36. The first-order chi connectivity index (χ1) is 12.4. The molecule has 2 aromatic carbocycles. The van der Waals surface area contributed by atoms with Gasteiger partial charge in [0.05, 0.1) is 10.2 Å². The molecule has 0 N–H and O–H groups in total. The van der Waals surface area contributed by atoms with Gasteiger partial charge in [0.1, 0.15) is 0 Å². The SMILES string of the molecule is Cc1cccc(C(=O)N(CCCN(C)C)c2nc3ccc(C)cc3s2)c1.Cl. The predicted molar refractivity (Wildman–Crippen MR) is 118 cm³/mol. The van der Waals surface area contributed by atoms with Crippen LogP contribution in [-0.4, -0.2) is 43.0 Å². The molecule has 0 fully saturated rings. The molecule has 27 heavy (non-hydrogen) atoms. The van der Waals surface area contributed by atoms with Crippen LogP contribution in [0.15, 0.2) is 42.5 Å². The normalized spacial score (nSPS) is 10.9. The number of thiazole rings is 1. The van der Waals surface area contributed by atoms with Gasteiger partial charge in [0.2, 0.25) is 0 Å². The molecule has 1 aromatic heterocycles. The highest BCUT2D eigenvalue weighted by molar-refractivity contribution is 7.22.